The van der Waals surface area contributed by atoms with E-state index in [1.807, 2.05) is 0 Å². The second-order valence-electron chi connectivity index (χ2n) is 5.49. The average molecular weight is 247 g/mol. The number of rotatable bonds is 8. The summed E-state index contributed by atoms with van der Waals surface area (Å²) in [6, 6.07) is 10.2. The Morgan fingerprint density at radius 2 is 1.94 bits per heavy atom. The van der Waals surface area contributed by atoms with Crippen LogP contribution >= 0.6 is 0 Å². The highest BCUT2D eigenvalue weighted by atomic mass is 14.9. The van der Waals surface area contributed by atoms with Crippen LogP contribution in [0, 0.1) is 6.92 Å². The average Bonchev–Trinajstić information content (AvgIpc) is 2.36. The zero-order chi connectivity index (χ0) is 13.4. The van der Waals surface area contributed by atoms with Crippen LogP contribution in [0.4, 0.5) is 0 Å². The van der Waals surface area contributed by atoms with Gasteiger partial charge in [0.05, 0.1) is 0 Å². The number of hydrogen-bond donors (Lipinski definition) is 1. The molecule has 0 spiro atoms. The molecule has 1 aromatic rings. The molecule has 0 saturated heterocycles. The van der Waals surface area contributed by atoms with Crippen molar-refractivity contribution in [3.63, 3.8) is 0 Å². The molecule has 1 aromatic carbocycles. The van der Waals surface area contributed by atoms with Crippen LogP contribution in [0.1, 0.15) is 57.6 Å². The Balaban J connectivity index is 2.34. The summed E-state index contributed by atoms with van der Waals surface area (Å²) in [4.78, 5) is 0. The molecule has 0 fully saturated rings. The van der Waals surface area contributed by atoms with E-state index >= 15 is 0 Å². The fourth-order valence-corrected chi connectivity index (χ4v) is 2.49. The molecule has 2 atom stereocenters. The van der Waals surface area contributed by atoms with E-state index in [4.69, 9.17) is 0 Å². The summed E-state index contributed by atoms with van der Waals surface area (Å²) in [5.41, 5.74) is 2.83. The minimum atomic E-state index is 0.613. The lowest BCUT2D eigenvalue weighted by Gasteiger charge is -2.22. The molecule has 18 heavy (non-hydrogen) atoms. The lowest BCUT2D eigenvalue weighted by molar-refractivity contribution is 0.396. The van der Waals surface area contributed by atoms with Gasteiger partial charge in [-0.2, -0.15) is 0 Å². The summed E-state index contributed by atoms with van der Waals surface area (Å²) < 4.78 is 0. The fourth-order valence-electron chi connectivity index (χ4n) is 2.49. The molecular weight excluding hydrogens is 218 g/mol. The quantitative estimate of drug-likeness (QED) is 0.714. The van der Waals surface area contributed by atoms with Gasteiger partial charge in [-0.15, -0.1) is 0 Å². The third-order valence-electron chi connectivity index (χ3n) is 3.60. The number of aryl methyl sites for hydroxylation is 2. The zero-order valence-corrected chi connectivity index (χ0v) is 12.5. The summed E-state index contributed by atoms with van der Waals surface area (Å²) in [5, 5.41) is 3.75. The maximum atomic E-state index is 3.75. The first kappa shape index (κ1) is 15.2. The van der Waals surface area contributed by atoms with Crippen molar-refractivity contribution < 1.29 is 0 Å². The Hall–Kier alpha value is -0.820. The van der Waals surface area contributed by atoms with E-state index in [0.29, 0.717) is 12.1 Å². The normalized spacial score (nSPS) is 14.4. The van der Waals surface area contributed by atoms with Gasteiger partial charge in [0, 0.05) is 12.1 Å². The van der Waals surface area contributed by atoms with Crippen LogP contribution in [0.15, 0.2) is 24.3 Å². The second kappa shape index (κ2) is 8.31. The Bertz CT molecular complexity index is 332. The molecule has 0 heterocycles. The van der Waals surface area contributed by atoms with Crippen LogP contribution in [0.3, 0.4) is 0 Å². The van der Waals surface area contributed by atoms with Gasteiger partial charge in [0.25, 0.3) is 0 Å². The molecule has 0 radical (unpaired) electrons. The van der Waals surface area contributed by atoms with Crippen molar-refractivity contribution in [1.82, 2.24) is 5.32 Å². The Morgan fingerprint density at radius 1 is 1.17 bits per heavy atom. The molecule has 0 aliphatic rings. The third kappa shape index (κ3) is 5.68. The van der Waals surface area contributed by atoms with Gasteiger partial charge in [-0.1, -0.05) is 50.1 Å². The molecule has 1 N–H and O–H groups in total. The fraction of sp³-hybridized carbons (Fsp3) is 0.647. The molecule has 2 unspecified atom stereocenters. The van der Waals surface area contributed by atoms with Crippen LogP contribution in [-0.4, -0.2) is 12.1 Å². The lowest BCUT2D eigenvalue weighted by Crippen LogP contribution is -2.36. The molecule has 0 aromatic heterocycles. The van der Waals surface area contributed by atoms with Gasteiger partial charge < -0.3 is 5.32 Å². The predicted octanol–water partition coefficient (Wildman–Crippen LogP) is 4.48. The Morgan fingerprint density at radius 3 is 2.56 bits per heavy atom. The van der Waals surface area contributed by atoms with Gasteiger partial charge in [0.2, 0.25) is 0 Å². The van der Waals surface area contributed by atoms with Crippen molar-refractivity contribution in [1.29, 1.82) is 0 Å². The molecule has 0 saturated carbocycles. The third-order valence-corrected chi connectivity index (χ3v) is 3.60. The topological polar surface area (TPSA) is 12.0 Å². The minimum absolute atomic E-state index is 0.613. The standard InChI is InChI=1S/C17H29N/c1-5-8-17(6-2)18-15(4)11-12-16-10-7-9-14(3)13-16/h7,9-10,13,15,17-18H,5-6,8,11-12H2,1-4H3. The zero-order valence-electron chi connectivity index (χ0n) is 12.5. The van der Waals surface area contributed by atoms with E-state index in [0.717, 1.165) is 0 Å². The van der Waals surface area contributed by atoms with E-state index < -0.39 is 0 Å². The summed E-state index contributed by atoms with van der Waals surface area (Å²) in [6.07, 6.45) is 6.21. The van der Waals surface area contributed by atoms with Gasteiger partial charge >= 0.3 is 0 Å². The van der Waals surface area contributed by atoms with Crippen molar-refractivity contribution in [2.75, 3.05) is 0 Å². The van der Waals surface area contributed by atoms with Crippen LogP contribution in [0.2, 0.25) is 0 Å². The van der Waals surface area contributed by atoms with Crippen molar-refractivity contribution >= 4 is 0 Å². The summed E-state index contributed by atoms with van der Waals surface area (Å²) in [6.45, 7) is 9.02. The highest BCUT2D eigenvalue weighted by Gasteiger charge is 2.09. The summed E-state index contributed by atoms with van der Waals surface area (Å²) in [5.74, 6) is 0. The smallest absolute Gasteiger partial charge is 0.00668 e. The first-order valence-corrected chi connectivity index (χ1v) is 7.47. The van der Waals surface area contributed by atoms with E-state index in [1.54, 1.807) is 0 Å². The van der Waals surface area contributed by atoms with Crippen molar-refractivity contribution in [3.05, 3.63) is 35.4 Å². The monoisotopic (exact) mass is 247 g/mol. The number of hydrogen-bond acceptors (Lipinski definition) is 1. The largest absolute Gasteiger partial charge is 0.312 e. The van der Waals surface area contributed by atoms with E-state index in [1.165, 1.54) is 43.2 Å². The molecule has 1 nitrogen and oxygen atoms in total. The van der Waals surface area contributed by atoms with Gasteiger partial charge in [-0.3, -0.25) is 0 Å². The van der Waals surface area contributed by atoms with E-state index in [-0.39, 0.29) is 0 Å². The van der Waals surface area contributed by atoms with Crippen molar-refractivity contribution in [2.24, 2.45) is 0 Å². The summed E-state index contributed by atoms with van der Waals surface area (Å²) in [7, 11) is 0. The van der Waals surface area contributed by atoms with Gasteiger partial charge in [0.15, 0.2) is 0 Å². The molecular formula is C17H29N. The maximum Gasteiger partial charge on any atom is 0.00668 e. The van der Waals surface area contributed by atoms with Crippen molar-refractivity contribution in [3.8, 4) is 0 Å². The van der Waals surface area contributed by atoms with E-state index in [9.17, 15) is 0 Å². The molecule has 1 heteroatoms. The lowest BCUT2D eigenvalue weighted by atomic mass is 10.0. The molecule has 0 bridgehead atoms. The van der Waals surface area contributed by atoms with Gasteiger partial charge in [-0.25, -0.2) is 0 Å². The first-order valence-electron chi connectivity index (χ1n) is 7.47. The number of nitrogens with one attached hydrogen (secondary N) is 1. The SMILES string of the molecule is CCCC(CC)NC(C)CCc1cccc(C)c1. The Labute approximate surface area is 113 Å². The second-order valence-corrected chi connectivity index (χ2v) is 5.49. The highest BCUT2D eigenvalue weighted by Crippen LogP contribution is 2.10. The van der Waals surface area contributed by atoms with Crippen LogP contribution in [0.25, 0.3) is 0 Å². The number of benzene rings is 1. The van der Waals surface area contributed by atoms with Gasteiger partial charge in [-0.05, 0) is 45.1 Å². The Kier molecular flexibility index (Phi) is 7.04. The van der Waals surface area contributed by atoms with Crippen molar-refractivity contribution in [2.45, 2.75) is 71.9 Å². The first-order chi connectivity index (χ1) is 8.65. The van der Waals surface area contributed by atoms with Gasteiger partial charge in [0.1, 0.15) is 0 Å². The predicted molar refractivity (Wildman–Crippen MR) is 81.1 cm³/mol. The van der Waals surface area contributed by atoms with Crippen LogP contribution in [0.5, 0.6) is 0 Å². The van der Waals surface area contributed by atoms with Crippen LogP contribution < -0.4 is 5.32 Å². The molecule has 0 aliphatic heterocycles. The minimum Gasteiger partial charge on any atom is -0.312 e. The molecule has 1 rings (SSSR count). The molecule has 102 valence electrons. The van der Waals surface area contributed by atoms with Crippen LogP contribution in [-0.2, 0) is 6.42 Å². The summed E-state index contributed by atoms with van der Waals surface area (Å²) >= 11 is 0. The molecule has 0 aliphatic carbocycles. The molecule has 0 amide bonds. The maximum absolute atomic E-state index is 3.75. The highest BCUT2D eigenvalue weighted by molar-refractivity contribution is 5.22. The van der Waals surface area contributed by atoms with E-state index in [2.05, 4.69) is 57.3 Å².